The molecular formula is C13H19NO2. The minimum absolute atomic E-state index is 0.0548. The van der Waals surface area contributed by atoms with E-state index in [1.54, 1.807) is 0 Å². The lowest BCUT2D eigenvalue weighted by molar-refractivity contribution is -0.116. The number of amides is 1. The summed E-state index contributed by atoms with van der Waals surface area (Å²) in [7, 11) is 0. The quantitative estimate of drug-likeness (QED) is 0.829. The van der Waals surface area contributed by atoms with Crippen LogP contribution in [0.3, 0.4) is 0 Å². The van der Waals surface area contributed by atoms with E-state index in [-0.39, 0.29) is 5.91 Å². The Hall–Kier alpha value is -1.51. The van der Waals surface area contributed by atoms with Gasteiger partial charge in [-0.25, -0.2) is 0 Å². The van der Waals surface area contributed by atoms with E-state index in [1.807, 2.05) is 45.0 Å². The second-order valence-electron chi connectivity index (χ2n) is 4.10. The Morgan fingerprint density at radius 3 is 2.44 bits per heavy atom. The first-order valence-corrected chi connectivity index (χ1v) is 5.64. The molecular weight excluding hydrogens is 202 g/mol. The van der Waals surface area contributed by atoms with Crippen molar-refractivity contribution < 1.29 is 9.53 Å². The zero-order chi connectivity index (χ0) is 12.0. The molecule has 3 nitrogen and oxygen atoms in total. The Morgan fingerprint density at radius 2 is 1.94 bits per heavy atom. The summed E-state index contributed by atoms with van der Waals surface area (Å²) < 4.78 is 5.32. The highest BCUT2D eigenvalue weighted by atomic mass is 16.5. The normalized spacial score (nSPS) is 10.2. The summed E-state index contributed by atoms with van der Waals surface area (Å²) in [5, 5.41) is 2.85. The van der Waals surface area contributed by atoms with Gasteiger partial charge in [-0.1, -0.05) is 13.8 Å². The number of hydrogen-bond donors (Lipinski definition) is 1. The van der Waals surface area contributed by atoms with Gasteiger partial charge in [0.05, 0.1) is 6.61 Å². The summed E-state index contributed by atoms with van der Waals surface area (Å²) in [6, 6.07) is 7.41. The number of nitrogens with one attached hydrogen (secondary N) is 1. The van der Waals surface area contributed by atoms with Crippen LogP contribution in [0.4, 0.5) is 5.69 Å². The Morgan fingerprint density at radius 1 is 1.31 bits per heavy atom. The summed E-state index contributed by atoms with van der Waals surface area (Å²) >= 11 is 0. The van der Waals surface area contributed by atoms with Crippen LogP contribution in [0.1, 0.15) is 27.2 Å². The maximum absolute atomic E-state index is 11.5. The van der Waals surface area contributed by atoms with Crippen molar-refractivity contribution in [3.8, 4) is 5.75 Å². The lowest BCUT2D eigenvalue weighted by Crippen LogP contribution is -2.13. The molecule has 0 radical (unpaired) electrons. The highest BCUT2D eigenvalue weighted by Crippen LogP contribution is 2.16. The molecule has 0 fully saturated rings. The fourth-order valence-electron chi connectivity index (χ4n) is 1.38. The number of ether oxygens (including phenoxy) is 1. The molecule has 0 aromatic heterocycles. The van der Waals surface area contributed by atoms with Gasteiger partial charge in [-0.3, -0.25) is 4.79 Å². The topological polar surface area (TPSA) is 38.3 Å². The molecule has 1 N–H and O–H groups in total. The fourth-order valence-corrected chi connectivity index (χ4v) is 1.38. The van der Waals surface area contributed by atoms with Crippen molar-refractivity contribution in [2.45, 2.75) is 27.2 Å². The van der Waals surface area contributed by atoms with Gasteiger partial charge in [-0.2, -0.15) is 0 Å². The molecule has 0 saturated heterocycles. The van der Waals surface area contributed by atoms with Gasteiger partial charge in [0.1, 0.15) is 5.75 Å². The molecule has 16 heavy (non-hydrogen) atoms. The summed E-state index contributed by atoms with van der Waals surface area (Å²) in [4.78, 5) is 11.5. The van der Waals surface area contributed by atoms with Crippen LogP contribution in [0.25, 0.3) is 0 Å². The third-order valence-electron chi connectivity index (χ3n) is 2.04. The zero-order valence-electron chi connectivity index (χ0n) is 10.1. The molecule has 0 atom stereocenters. The van der Waals surface area contributed by atoms with Crippen molar-refractivity contribution in [3.63, 3.8) is 0 Å². The van der Waals surface area contributed by atoms with Crippen LogP contribution in [0, 0.1) is 5.92 Å². The molecule has 0 aliphatic carbocycles. The van der Waals surface area contributed by atoms with E-state index >= 15 is 0 Å². The largest absolute Gasteiger partial charge is 0.494 e. The second kappa shape index (κ2) is 6.16. The predicted molar refractivity (Wildman–Crippen MR) is 65.7 cm³/mol. The molecule has 0 heterocycles. The molecule has 1 aromatic rings. The smallest absolute Gasteiger partial charge is 0.224 e. The Balaban J connectivity index is 2.51. The van der Waals surface area contributed by atoms with Crippen molar-refractivity contribution in [2.75, 3.05) is 11.9 Å². The summed E-state index contributed by atoms with van der Waals surface area (Å²) in [6.07, 6.45) is 0.549. The summed E-state index contributed by atoms with van der Waals surface area (Å²) in [5.41, 5.74) is 0.814. The van der Waals surface area contributed by atoms with E-state index in [1.165, 1.54) is 0 Å². The second-order valence-corrected chi connectivity index (χ2v) is 4.10. The van der Waals surface area contributed by atoms with Gasteiger partial charge < -0.3 is 10.1 Å². The van der Waals surface area contributed by atoms with Crippen molar-refractivity contribution >= 4 is 11.6 Å². The highest BCUT2D eigenvalue weighted by Gasteiger charge is 2.04. The molecule has 1 amide bonds. The van der Waals surface area contributed by atoms with Gasteiger partial charge >= 0.3 is 0 Å². The minimum atomic E-state index is 0.0548. The standard InChI is InChI=1S/C13H19NO2/c1-4-16-12-7-5-11(6-8-12)14-13(15)9-10(2)3/h5-8,10H,4,9H2,1-3H3,(H,14,15). The average Bonchev–Trinajstić information content (AvgIpc) is 2.20. The Labute approximate surface area is 96.8 Å². The van der Waals surface area contributed by atoms with Gasteiger partial charge in [0.15, 0.2) is 0 Å². The van der Waals surface area contributed by atoms with Crippen molar-refractivity contribution in [3.05, 3.63) is 24.3 Å². The van der Waals surface area contributed by atoms with Crippen LogP contribution in [-0.4, -0.2) is 12.5 Å². The number of rotatable bonds is 5. The molecule has 0 saturated carbocycles. The predicted octanol–water partition coefficient (Wildman–Crippen LogP) is 3.07. The molecule has 0 bridgehead atoms. The third kappa shape index (κ3) is 4.34. The number of benzene rings is 1. The first-order valence-electron chi connectivity index (χ1n) is 5.64. The van der Waals surface area contributed by atoms with Crippen molar-refractivity contribution in [1.29, 1.82) is 0 Å². The van der Waals surface area contributed by atoms with Crippen LogP contribution in [0.2, 0.25) is 0 Å². The van der Waals surface area contributed by atoms with Gasteiger partial charge in [0.2, 0.25) is 5.91 Å². The first-order chi connectivity index (χ1) is 7.61. The van der Waals surface area contributed by atoms with E-state index in [0.717, 1.165) is 11.4 Å². The molecule has 0 aliphatic heterocycles. The summed E-state index contributed by atoms with van der Waals surface area (Å²) in [6.45, 7) is 6.65. The number of carbonyl (C=O) groups excluding carboxylic acids is 1. The number of hydrogen-bond acceptors (Lipinski definition) is 2. The average molecular weight is 221 g/mol. The van der Waals surface area contributed by atoms with Gasteiger partial charge in [-0.05, 0) is 37.1 Å². The molecule has 0 unspecified atom stereocenters. The van der Waals surface area contributed by atoms with Crippen LogP contribution in [0.15, 0.2) is 24.3 Å². The fraction of sp³-hybridized carbons (Fsp3) is 0.462. The maximum atomic E-state index is 11.5. The van der Waals surface area contributed by atoms with Crippen LogP contribution in [0.5, 0.6) is 5.75 Å². The SMILES string of the molecule is CCOc1ccc(NC(=O)CC(C)C)cc1. The van der Waals surface area contributed by atoms with Gasteiger partial charge in [0, 0.05) is 12.1 Å². The van der Waals surface area contributed by atoms with Crippen LogP contribution in [-0.2, 0) is 4.79 Å². The third-order valence-corrected chi connectivity index (χ3v) is 2.04. The van der Waals surface area contributed by atoms with E-state index in [2.05, 4.69) is 5.32 Å². The maximum Gasteiger partial charge on any atom is 0.224 e. The minimum Gasteiger partial charge on any atom is -0.494 e. The van der Waals surface area contributed by atoms with Crippen molar-refractivity contribution in [2.24, 2.45) is 5.92 Å². The summed E-state index contributed by atoms with van der Waals surface area (Å²) in [5.74, 6) is 1.26. The van der Waals surface area contributed by atoms with Crippen molar-refractivity contribution in [1.82, 2.24) is 0 Å². The lowest BCUT2D eigenvalue weighted by Gasteiger charge is -2.08. The van der Waals surface area contributed by atoms with E-state index in [4.69, 9.17) is 4.74 Å². The Bertz CT molecular complexity index is 330. The monoisotopic (exact) mass is 221 g/mol. The molecule has 1 aromatic carbocycles. The Kier molecular flexibility index (Phi) is 4.83. The lowest BCUT2D eigenvalue weighted by atomic mass is 10.1. The molecule has 88 valence electrons. The van der Waals surface area contributed by atoms with Crippen LogP contribution >= 0.6 is 0 Å². The molecule has 1 rings (SSSR count). The first kappa shape index (κ1) is 12.6. The van der Waals surface area contributed by atoms with E-state index in [9.17, 15) is 4.79 Å². The van der Waals surface area contributed by atoms with Gasteiger partial charge in [-0.15, -0.1) is 0 Å². The molecule has 0 spiro atoms. The van der Waals surface area contributed by atoms with E-state index in [0.29, 0.717) is 18.9 Å². The van der Waals surface area contributed by atoms with E-state index < -0.39 is 0 Å². The molecule has 0 aliphatic rings. The highest BCUT2D eigenvalue weighted by molar-refractivity contribution is 5.90. The number of anilines is 1. The van der Waals surface area contributed by atoms with Crippen LogP contribution < -0.4 is 10.1 Å². The zero-order valence-corrected chi connectivity index (χ0v) is 10.1. The molecule has 3 heteroatoms. The number of carbonyl (C=O) groups is 1. The van der Waals surface area contributed by atoms with Gasteiger partial charge in [0.25, 0.3) is 0 Å².